The molecule has 1 saturated carbocycles. The first kappa shape index (κ1) is 25.2. The van der Waals surface area contributed by atoms with Gasteiger partial charge < -0.3 is 16.0 Å². The molecule has 2 heterocycles. The summed E-state index contributed by atoms with van der Waals surface area (Å²) in [6.45, 7) is 12.1. The van der Waals surface area contributed by atoms with E-state index in [1.165, 1.54) is 19.3 Å². The summed E-state index contributed by atoms with van der Waals surface area (Å²) in [6, 6.07) is 8.74. The van der Waals surface area contributed by atoms with Crippen molar-refractivity contribution in [3.63, 3.8) is 0 Å². The highest BCUT2D eigenvalue weighted by Gasteiger charge is 2.25. The molecule has 4 rings (SSSR count). The van der Waals surface area contributed by atoms with Gasteiger partial charge in [0.05, 0.1) is 12.3 Å². The molecule has 9 heteroatoms. The Hall–Kier alpha value is -3.93. The number of hydrogen-bond acceptors (Lipinski definition) is 6. The highest BCUT2D eigenvalue weighted by molar-refractivity contribution is 5.84. The van der Waals surface area contributed by atoms with E-state index in [2.05, 4.69) is 35.7 Å². The number of carbonyl (C=O) groups excluding carboxylic acids is 1. The molecule has 9 nitrogen and oxygen atoms in total. The molecular formula is C27H34N8O. The molecule has 2 aromatic heterocycles. The zero-order chi connectivity index (χ0) is 25.3. The van der Waals surface area contributed by atoms with E-state index in [4.69, 9.17) is 6.57 Å². The Morgan fingerprint density at radius 3 is 2.64 bits per heavy atom. The van der Waals surface area contributed by atoms with Gasteiger partial charge in [-0.05, 0) is 31.7 Å². The Morgan fingerprint density at radius 1 is 1.19 bits per heavy atom. The number of nitrogens with zero attached hydrogens (tertiary/aromatic N) is 5. The Kier molecular flexibility index (Phi) is 8.50. The summed E-state index contributed by atoms with van der Waals surface area (Å²) in [7, 11) is 0. The lowest BCUT2D eigenvalue weighted by Crippen LogP contribution is -2.41. The molecule has 1 aromatic carbocycles. The van der Waals surface area contributed by atoms with Gasteiger partial charge in [-0.3, -0.25) is 9.36 Å². The molecule has 0 aliphatic heterocycles. The maximum atomic E-state index is 13.4. The molecule has 1 atom stereocenters. The summed E-state index contributed by atoms with van der Waals surface area (Å²) in [5, 5.41) is 9.69. The zero-order valence-electron chi connectivity index (χ0n) is 21.0. The third-order valence-electron chi connectivity index (χ3n) is 6.49. The Labute approximate surface area is 212 Å². The van der Waals surface area contributed by atoms with E-state index in [0.717, 1.165) is 30.5 Å². The van der Waals surface area contributed by atoms with Gasteiger partial charge in [-0.15, -0.1) is 0 Å². The number of anilines is 2. The first-order chi connectivity index (χ1) is 17.5. The molecule has 1 amide bonds. The number of aromatic nitrogens is 4. The maximum absolute atomic E-state index is 13.4. The molecule has 188 valence electrons. The first-order valence-corrected chi connectivity index (χ1v) is 12.7. The molecule has 1 aliphatic carbocycles. The van der Waals surface area contributed by atoms with Gasteiger partial charge in [0.25, 0.3) is 0 Å². The summed E-state index contributed by atoms with van der Waals surface area (Å²) < 4.78 is 1.85. The second-order valence-corrected chi connectivity index (χ2v) is 9.32. The van der Waals surface area contributed by atoms with Crippen molar-refractivity contribution in [2.45, 2.75) is 65.0 Å². The molecule has 0 radical (unpaired) electrons. The first-order valence-electron chi connectivity index (χ1n) is 12.7. The number of amides is 1. The van der Waals surface area contributed by atoms with Crippen LogP contribution in [0, 0.1) is 19.4 Å². The van der Waals surface area contributed by atoms with Gasteiger partial charge in [-0.2, -0.15) is 9.97 Å². The van der Waals surface area contributed by atoms with E-state index in [9.17, 15) is 4.79 Å². The van der Waals surface area contributed by atoms with Gasteiger partial charge in [-0.25, -0.2) is 9.83 Å². The van der Waals surface area contributed by atoms with E-state index < -0.39 is 6.04 Å². The van der Waals surface area contributed by atoms with Crippen LogP contribution in [0.5, 0.6) is 0 Å². The average molecular weight is 487 g/mol. The molecule has 0 saturated heterocycles. The Balaban J connectivity index is 1.53. The van der Waals surface area contributed by atoms with E-state index in [-0.39, 0.29) is 5.91 Å². The summed E-state index contributed by atoms with van der Waals surface area (Å²) in [4.78, 5) is 30.4. The fourth-order valence-electron chi connectivity index (χ4n) is 4.59. The SMILES string of the molecule is [C-]#[N+]c1ccc(CNC(=O)C(CC2CCCCC2)Nc2cc(-n3cnc(C)c3)nc(NCC)n2)cc1. The highest BCUT2D eigenvalue weighted by Crippen LogP contribution is 2.28. The smallest absolute Gasteiger partial charge is 0.242 e. The number of carbonyl (C=O) groups is 1. The van der Waals surface area contributed by atoms with Crippen LogP contribution in [0.4, 0.5) is 17.5 Å². The fourth-order valence-corrected chi connectivity index (χ4v) is 4.59. The summed E-state index contributed by atoms with van der Waals surface area (Å²) in [5.41, 5.74) is 2.44. The van der Waals surface area contributed by atoms with Gasteiger partial charge in [0, 0.05) is 25.4 Å². The van der Waals surface area contributed by atoms with Crippen molar-refractivity contribution in [3.05, 3.63) is 65.5 Å². The third-order valence-corrected chi connectivity index (χ3v) is 6.49. The van der Waals surface area contributed by atoms with Crippen molar-refractivity contribution < 1.29 is 4.79 Å². The summed E-state index contributed by atoms with van der Waals surface area (Å²) in [6.07, 6.45) is 10.4. The lowest BCUT2D eigenvalue weighted by Gasteiger charge is -2.27. The largest absolute Gasteiger partial charge is 0.358 e. The van der Waals surface area contributed by atoms with Crippen LogP contribution in [-0.2, 0) is 11.3 Å². The van der Waals surface area contributed by atoms with Crippen molar-refractivity contribution in [1.29, 1.82) is 0 Å². The number of aryl methyl sites for hydroxylation is 1. The molecule has 1 unspecified atom stereocenters. The maximum Gasteiger partial charge on any atom is 0.242 e. The zero-order valence-corrected chi connectivity index (χ0v) is 21.0. The lowest BCUT2D eigenvalue weighted by molar-refractivity contribution is -0.122. The van der Waals surface area contributed by atoms with Crippen molar-refractivity contribution in [2.75, 3.05) is 17.2 Å². The van der Waals surface area contributed by atoms with Crippen LogP contribution in [0.1, 0.15) is 56.7 Å². The number of hydrogen-bond donors (Lipinski definition) is 3. The molecule has 0 bridgehead atoms. The molecule has 36 heavy (non-hydrogen) atoms. The molecular weight excluding hydrogens is 452 g/mol. The van der Waals surface area contributed by atoms with Crippen molar-refractivity contribution in [1.82, 2.24) is 24.8 Å². The molecule has 1 fully saturated rings. The minimum Gasteiger partial charge on any atom is -0.358 e. The predicted molar refractivity (Wildman–Crippen MR) is 141 cm³/mol. The van der Waals surface area contributed by atoms with Crippen LogP contribution in [-0.4, -0.2) is 38.0 Å². The molecule has 0 spiro atoms. The van der Waals surface area contributed by atoms with Crippen LogP contribution in [0.2, 0.25) is 0 Å². The topological polar surface area (TPSA) is 101 Å². The minimum atomic E-state index is -0.419. The van der Waals surface area contributed by atoms with Gasteiger partial charge in [-0.1, -0.05) is 56.4 Å². The van der Waals surface area contributed by atoms with E-state index in [0.29, 0.717) is 42.3 Å². The Morgan fingerprint density at radius 2 is 1.97 bits per heavy atom. The van der Waals surface area contributed by atoms with Crippen LogP contribution in [0.25, 0.3) is 10.7 Å². The number of rotatable bonds is 10. The second kappa shape index (κ2) is 12.2. The van der Waals surface area contributed by atoms with E-state index in [1.54, 1.807) is 18.5 Å². The van der Waals surface area contributed by atoms with Crippen LogP contribution >= 0.6 is 0 Å². The summed E-state index contributed by atoms with van der Waals surface area (Å²) in [5.74, 6) is 2.23. The molecule has 1 aliphatic rings. The highest BCUT2D eigenvalue weighted by atomic mass is 16.2. The number of benzene rings is 1. The monoisotopic (exact) mass is 486 g/mol. The van der Waals surface area contributed by atoms with Gasteiger partial charge in [0.1, 0.15) is 24.0 Å². The van der Waals surface area contributed by atoms with Crippen LogP contribution in [0.3, 0.4) is 0 Å². The lowest BCUT2D eigenvalue weighted by atomic mass is 9.84. The Bertz CT molecular complexity index is 1190. The van der Waals surface area contributed by atoms with E-state index >= 15 is 0 Å². The predicted octanol–water partition coefficient (Wildman–Crippen LogP) is 5.02. The second-order valence-electron chi connectivity index (χ2n) is 9.32. The van der Waals surface area contributed by atoms with E-state index in [1.807, 2.05) is 42.8 Å². The van der Waals surface area contributed by atoms with Crippen molar-refractivity contribution in [3.8, 4) is 5.82 Å². The fraction of sp³-hybridized carbons (Fsp3) is 0.444. The van der Waals surface area contributed by atoms with Crippen LogP contribution < -0.4 is 16.0 Å². The average Bonchev–Trinajstić information content (AvgIpc) is 3.34. The standard InChI is InChI=1S/C27H34N8O/c1-4-29-27-33-24(15-25(34-27)35-17-19(2)31-18-35)32-23(14-20-8-6-5-7-9-20)26(36)30-16-21-10-12-22(28-3)13-11-21/h10-13,15,17-18,20,23H,4-9,14,16H2,1-2H3,(H,30,36)(H2,29,32,33,34). The molecule has 3 aromatic rings. The normalized spacial score (nSPS) is 14.6. The van der Waals surface area contributed by atoms with Crippen molar-refractivity contribution >= 4 is 23.4 Å². The van der Waals surface area contributed by atoms with Crippen LogP contribution in [0.15, 0.2) is 42.9 Å². The summed E-state index contributed by atoms with van der Waals surface area (Å²) >= 11 is 0. The number of imidazole rings is 1. The van der Waals surface area contributed by atoms with Gasteiger partial charge in [0.2, 0.25) is 11.9 Å². The van der Waals surface area contributed by atoms with Gasteiger partial charge in [0.15, 0.2) is 5.69 Å². The third kappa shape index (κ3) is 6.81. The minimum absolute atomic E-state index is 0.0570. The quantitative estimate of drug-likeness (QED) is 0.348. The van der Waals surface area contributed by atoms with Gasteiger partial charge >= 0.3 is 0 Å². The van der Waals surface area contributed by atoms with Crippen molar-refractivity contribution in [2.24, 2.45) is 5.92 Å². The molecule has 3 N–H and O–H groups in total. The number of nitrogens with one attached hydrogen (secondary N) is 3.